The van der Waals surface area contributed by atoms with Gasteiger partial charge in [-0.2, -0.15) is 0 Å². The maximum Gasteiger partial charge on any atom is 0.248 e. The van der Waals surface area contributed by atoms with Crippen LogP contribution in [0.3, 0.4) is 0 Å². The molecule has 3 N–H and O–H groups in total. The number of halogens is 2. The summed E-state index contributed by atoms with van der Waals surface area (Å²) < 4.78 is 0. The number of aromatic nitrogens is 2. The Morgan fingerprint density at radius 3 is 2.58 bits per heavy atom. The van der Waals surface area contributed by atoms with E-state index < -0.39 is 5.91 Å². The van der Waals surface area contributed by atoms with E-state index in [0.29, 0.717) is 27.1 Å². The predicted molar refractivity (Wildman–Crippen MR) is 95.7 cm³/mol. The molecule has 0 saturated carbocycles. The van der Waals surface area contributed by atoms with Crippen LogP contribution in [0.25, 0.3) is 11.3 Å². The number of carbonyl (C=O) groups excluding carboxylic acids is 1. The van der Waals surface area contributed by atoms with Crippen molar-refractivity contribution in [1.29, 1.82) is 0 Å². The molecule has 1 amide bonds. The first-order valence-corrected chi connectivity index (χ1v) is 7.73. The Bertz CT molecular complexity index is 915. The van der Waals surface area contributed by atoms with Gasteiger partial charge < -0.3 is 11.1 Å². The molecule has 24 heavy (non-hydrogen) atoms. The van der Waals surface area contributed by atoms with Crippen molar-refractivity contribution in [3.8, 4) is 11.3 Å². The zero-order valence-corrected chi connectivity index (χ0v) is 13.8. The highest BCUT2D eigenvalue weighted by molar-refractivity contribution is 6.42. The Balaban J connectivity index is 1.90. The molecule has 7 heteroatoms. The number of anilines is 2. The van der Waals surface area contributed by atoms with Crippen LogP contribution in [0.2, 0.25) is 10.0 Å². The van der Waals surface area contributed by atoms with Gasteiger partial charge in [0, 0.05) is 22.9 Å². The molecule has 3 aromatic rings. The highest BCUT2D eigenvalue weighted by Gasteiger charge is 2.07. The van der Waals surface area contributed by atoms with Crippen molar-refractivity contribution in [2.24, 2.45) is 5.73 Å². The van der Waals surface area contributed by atoms with Crippen LogP contribution in [-0.4, -0.2) is 15.9 Å². The molecule has 0 radical (unpaired) electrons. The number of rotatable bonds is 4. The first-order chi connectivity index (χ1) is 11.5. The lowest BCUT2D eigenvalue weighted by atomic mass is 10.1. The topological polar surface area (TPSA) is 80.9 Å². The van der Waals surface area contributed by atoms with Crippen LogP contribution in [0.1, 0.15) is 10.4 Å². The Morgan fingerprint density at radius 1 is 1.00 bits per heavy atom. The molecule has 0 aliphatic heterocycles. The molecule has 3 rings (SSSR count). The van der Waals surface area contributed by atoms with E-state index in [0.717, 1.165) is 11.3 Å². The predicted octanol–water partition coefficient (Wildman–Crippen LogP) is 4.29. The minimum absolute atomic E-state index is 0.421. The molecule has 0 saturated heterocycles. The fourth-order valence-electron chi connectivity index (χ4n) is 2.14. The Kier molecular flexibility index (Phi) is 4.64. The molecule has 0 atom stereocenters. The average Bonchev–Trinajstić information content (AvgIpc) is 2.58. The average molecular weight is 359 g/mol. The van der Waals surface area contributed by atoms with Gasteiger partial charge in [-0.15, -0.1) is 0 Å². The summed E-state index contributed by atoms with van der Waals surface area (Å²) >= 11 is 11.9. The summed E-state index contributed by atoms with van der Waals surface area (Å²) in [7, 11) is 0. The van der Waals surface area contributed by atoms with E-state index in [9.17, 15) is 4.79 Å². The third-order valence-electron chi connectivity index (χ3n) is 3.30. The fraction of sp³-hybridized carbons (Fsp3) is 0. The van der Waals surface area contributed by atoms with E-state index in [2.05, 4.69) is 15.3 Å². The Hall–Kier alpha value is -2.63. The van der Waals surface area contributed by atoms with E-state index in [1.54, 1.807) is 42.5 Å². The first kappa shape index (κ1) is 16.2. The van der Waals surface area contributed by atoms with Crippen LogP contribution in [-0.2, 0) is 0 Å². The van der Waals surface area contributed by atoms with Gasteiger partial charge in [-0.05, 0) is 30.3 Å². The summed E-state index contributed by atoms with van der Waals surface area (Å²) in [5, 5.41) is 4.06. The number of amides is 1. The minimum atomic E-state index is -0.486. The molecule has 120 valence electrons. The zero-order chi connectivity index (χ0) is 17.1. The summed E-state index contributed by atoms with van der Waals surface area (Å²) in [6.07, 6.45) is 1.44. The number of nitrogens with one attached hydrogen (secondary N) is 1. The van der Waals surface area contributed by atoms with Crippen LogP contribution in [0, 0.1) is 0 Å². The molecule has 2 aromatic carbocycles. The molecule has 0 fully saturated rings. The van der Waals surface area contributed by atoms with Gasteiger partial charge in [-0.25, -0.2) is 9.97 Å². The smallest absolute Gasteiger partial charge is 0.248 e. The minimum Gasteiger partial charge on any atom is -0.366 e. The van der Waals surface area contributed by atoms with Crippen molar-refractivity contribution >= 4 is 40.6 Å². The number of benzene rings is 2. The second-order valence-corrected chi connectivity index (χ2v) is 5.80. The second-order valence-electron chi connectivity index (χ2n) is 4.99. The number of carbonyl (C=O) groups is 1. The van der Waals surface area contributed by atoms with E-state index in [4.69, 9.17) is 28.9 Å². The third-order valence-corrected chi connectivity index (χ3v) is 4.04. The molecule has 0 aliphatic rings. The molecule has 0 bridgehead atoms. The van der Waals surface area contributed by atoms with Crippen LogP contribution >= 0.6 is 23.2 Å². The first-order valence-electron chi connectivity index (χ1n) is 6.97. The van der Waals surface area contributed by atoms with Crippen LogP contribution in [0.4, 0.5) is 11.5 Å². The van der Waals surface area contributed by atoms with Gasteiger partial charge in [-0.3, -0.25) is 4.79 Å². The summed E-state index contributed by atoms with van der Waals surface area (Å²) in [6.45, 7) is 0. The molecule has 1 heterocycles. The molecule has 0 unspecified atom stereocenters. The summed E-state index contributed by atoms with van der Waals surface area (Å²) in [5.41, 5.74) is 7.92. The SMILES string of the molecule is NC(=O)c1cccc(-c2cc(Nc3ccc(Cl)c(Cl)c3)ncn2)c1. The van der Waals surface area contributed by atoms with Gasteiger partial charge >= 0.3 is 0 Å². The van der Waals surface area contributed by atoms with Crippen LogP contribution < -0.4 is 11.1 Å². The molecule has 0 aliphatic carbocycles. The van der Waals surface area contributed by atoms with Crippen molar-refractivity contribution in [2.45, 2.75) is 0 Å². The molecular formula is C17H12Cl2N4O. The van der Waals surface area contributed by atoms with E-state index in [-0.39, 0.29) is 0 Å². The summed E-state index contributed by atoms with van der Waals surface area (Å²) in [6, 6.07) is 13.9. The monoisotopic (exact) mass is 358 g/mol. The molecule has 0 spiro atoms. The van der Waals surface area contributed by atoms with Crippen molar-refractivity contribution in [3.05, 3.63) is 70.5 Å². The lowest BCUT2D eigenvalue weighted by molar-refractivity contribution is 0.100. The summed E-state index contributed by atoms with van der Waals surface area (Å²) in [4.78, 5) is 19.7. The molecular weight excluding hydrogens is 347 g/mol. The zero-order valence-electron chi connectivity index (χ0n) is 12.3. The normalized spacial score (nSPS) is 10.4. The number of nitrogens with zero attached hydrogens (tertiary/aromatic N) is 2. The third kappa shape index (κ3) is 3.64. The standard InChI is InChI=1S/C17H12Cl2N4O/c18-13-5-4-12(7-14(13)19)23-16-8-15(21-9-22-16)10-2-1-3-11(6-10)17(20)24/h1-9H,(H2,20,24)(H,21,22,23). The number of nitrogens with two attached hydrogens (primary N) is 1. The van der Waals surface area contributed by atoms with Gasteiger partial charge in [0.2, 0.25) is 5.91 Å². The van der Waals surface area contributed by atoms with Crippen molar-refractivity contribution in [1.82, 2.24) is 9.97 Å². The van der Waals surface area contributed by atoms with E-state index >= 15 is 0 Å². The highest BCUT2D eigenvalue weighted by Crippen LogP contribution is 2.27. The van der Waals surface area contributed by atoms with Gasteiger partial charge in [-0.1, -0.05) is 35.3 Å². The largest absolute Gasteiger partial charge is 0.366 e. The molecule has 5 nitrogen and oxygen atoms in total. The Morgan fingerprint density at radius 2 is 1.83 bits per heavy atom. The highest BCUT2D eigenvalue weighted by atomic mass is 35.5. The van der Waals surface area contributed by atoms with E-state index in [1.807, 2.05) is 6.07 Å². The maximum atomic E-state index is 11.3. The van der Waals surface area contributed by atoms with Gasteiger partial charge in [0.15, 0.2) is 0 Å². The lowest BCUT2D eigenvalue weighted by Gasteiger charge is -2.08. The second kappa shape index (κ2) is 6.86. The van der Waals surface area contributed by atoms with Crippen molar-refractivity contribution in [2.75, 3.05) is 5.32 Å². The molecule has 1 aromatic heterocycles. The van der Waals surface area contributed by atoms with Gasteiger partial charge in [0.25, 0.3) is 0 Å². The fourth-order valence-corrected chi connectivity index (χ4v) is 2.44. The number of hydrogen-bond donors (Lipinski definition) is 2. The Labute approximate surface area is 148 Å². The van der Waals surface area contributed by atoms with Gasteiger partial charge in [0.1, 0.15) is 12.1 Å². The number of primary amides is 1. The quantitative estimate of drug-likeness (QED) is 0.728. The maximum absolute atomic E-state index is 11.3. The van der Waals surface area contributed by atoms with E-state index in [1.165, 1.54) is 6.33 Å². The number of hydrogen-bond acceptors (Lipinski definition) is 4. The van der Waals surface area contributed by atoms with Crippen molar-refractivity contribution < 1.29 is 4.79 Å². The summed E-state index contributed by atoms with van der Waals surface area (Å²) in [5.74, 6) is 0.0999. The van der Waals surface area contributed by atoms with Crippen LogP contribution in [0.5, 0.6) is 0 Å². The van der Waals surface area contributed by atoms with Gasteiger partial charge in [0.05, 0.1) is 15.7 Å². The lowest BCUT2D eigenvalue weighted by Crippen LogP contribution is -2.10. The van der Waals surface area contributed by atoms with Crippen molar-refractivity contribution in [3.63, 3.8) is 0 Å². The van der Waals surface area contributed by atoms with Crippen LogP contribution in [0.15, 0.2) is 54.9 Å².